The summed E-state index contributed by atoms with van der Waals surface area (Å²) in [6, 6.07) is 0.371. The molecular weight excluding hydrogens is 298 g/mol. The van der Waals surface area contributed by atoms with Crippen molar-refractivity contribution in [3.8, 4) is 0 Å². The first-order valence-corrected chi connectivity index (χ1v) is 9.93. The summed E-state index contributed by atoms with van der Waals surface area (Å²) in [5, 5.41) is 11.1. The normalized spacial score (nSPS) is 53.6. The Morgan fingerprint density at radius 2 is 1.96 bits per heavy atom. The molecule has 0 radical (unpaired) electrons. The molecule has 0 saturated heterocycles. The van der Waals surface area contributed by atoms with Gasteiger partial charge in [0.2, 0.25) is 0 Å². The molecule has 0 aliphatic heterocycles. The fraction of sp³-hybridized carbons (Fsp3) is 0.857. The first-order valence-electron chi connectivity index (χ1n) is 9.93. The Kier molecular flexibility index (Phi) is 3.78. The van der Waals surface area contributed by atoms with Crippen LogP contribution in [0.25, 0.3) is 0 Å². The highest BCUT2D eigenvalue weighted by Crippen LogP contribution is 2.66. The van der Waals surface area contributed by atoms with E-state index >= 15 is 0 Å². The third kappa shape index (κ3) is 2.07. The number of carbonyl (C=O) groups is 1. The number of carbonyl (C=O) groups excluding carboxylic acids is 1. The van der Waals surface area contributed by atoms with Gasteiger partial charge in [0.25, 0.3) is 0 Å². The van der Waals surface area contributed by atoms with E-state index in [0.29, 0.717) is 29.2 Å². The minimum atomic E-state index is -0.382. The highest BCUT2D eigenvalue weighted by atomic mass is 16.3. The molecular formula is C21H33NO2. The van der Waals surface area contributed by atoms with E-state index in [4.69, 9.17) is 5.73 Å². The molecule has 0 unspecified atom stereocenters. The molecule has 3 nitrogen and oxygen atoms in total. The zero-order valence-electron chi connectivity index (χ0n) is 15.4. The largest absolute Gasteiger partial charge is 0.392 e. The third-order valence-electron chi connectivity index (χ3n) is 8.78. The summed E-state index contributed by atoms with van der Waals surface area (Å²) in [5.74, 6) is 2.57. The van der Waals surface area contributed by atoms with Gasteiger partial charge in [-0.3, -0.25) is 4.79 Å². The number of rotatable bonds is 1. The van der Waals surface area contributed by atoms with Gasteiger partial charge in [-0.2, -0.15) is 0 Å². The van der Waals surface area contributed by atoms with E-state index in [1.54, 1.807) is 6.92 Å². The van der Waals surface area contributed by atoms with Crippen LogP contribution in [-0.4, -0.2) is 23.0 Å². The number of hydrogen-bond donors (Lipinski definition) is 2. The van der Waals surface area contributed by atoms with E-state index in [1.807, 2.05) is 0 Å². The molecule has 24 heavy (non-hydrogen) atoms. The van der Waals surface area contributed by atoms with Gasteiger partial charge in [-0.05, 0) is 86.5 Å². The molecule has 0 bridgehead atoms. The SMILES string of the molecule is CC(=O)C1=CC[C@H]2[C@@H]3CC[C@H]4C[C@@H](N)CC[C@]4(C)[C@H]3C[C@@H](O)[C@]12C. The molecule has 4 aliphatic carbocycles. The smallest absolute Gasteiger partial charge is 0.156 e. The average molecular weight is 332 g/mol. The van der Waals surface area contributed by atoms with Crippen molar-refractivity contribution in [2.45, 2.75) is 77.9 Å². The summed E-state index contributed by atoms with van der Waals surface area (Å²) in [4.78, 5) is 12.1. The quantitative estimate of drug-likeness (QED) is 0.773. The van der Waals surface area contributed by atoms with Gasteiger partial charge < -0.3 is 10.8 Å². The van der Waals surface area contributed by atoms with Crippen molar-refractivity contribution in [2.75, 3.05) is 0 Å². The topological polar surface area (TPSA) is 63.3 Å². The van der Waals surface area contributed by atoms with Gasteiger partial charge in [-0.25, -0.2) is 0 Å². The molecule has 0 spiro atoms. The predicted octanol–water partition coefficient (Wildman–Crippen LogP) is 3.45. The first-order chi connectivity index (χ1) is 11.3. The molecule has 3 N–H and O–H groups in total. The maximum Gasteiger partial charge on any atom is 0.156 e. The summed E-state index contributed by atoms with van der Waals surface area (Å²) < 4.78 is 0. The Labute approximate surface area is 146 Å². The minimum Gasteiger partial charge on any atom is -0.392 e. The number of fused-ring (bicyclic) bond motifs is 5. The van der Waals surface area contributed by atoms with Gasteiger partial charge >= 0.3 is 0 Å². The summed E-state index contributed by atoms with van der Waals surface area (Å²) in [6.07, 6.45) is 9.64. The van der Waals surface area contributed by atoms with Crippen LogP contribution in [0.3, 0.4) is 0 Å². The molecule has 3 heteroatoms. The molecule has 134 valence electrons. The lowest BCUT2D eigenvalue weighted by atomic mass is 9.44. The van der Waals surface area contributed by atoms with Gasteiger partial charge in [0, 0.05) is 11.5 Å². The summed E-state index contributed by atoms with van der Waals surface area (Å²) >= 11 is 0. The van der Waals surface area contributed by atoms with Crippen molar-refractivity contribution in [3.63, 3.8) is 0 Å². The first kappa shape index (κ1) is 16.8. The number of hydrogen-bond acceptors (Lipinski definition) is 3. The van der Waals surface area contributed by atoms with Crippen molar-refractivity contribution in [2.24, 2.45) is 40.2 Å². The van der Waals surface area contributed by atoms with Gasteiger partial charge in [0.05, 0.1) is 6.10 Å². The Morgan fingerprint density at radius 1 is 1.21 bits per heavy atom. The van der Waals surface area contributed by atoms with E-state index < -0.39 is 0 Å². The second-order valence-corrected chi connectivity index (χ2v) is 9.64. The van der Waals surface area contributed by atoms with Crippen LogP contribution in [-0.2, 0) is 4.79 Å². The van der Waals surface area contributed by atoms with Crippen LogP contribution in [0.4, 0.5) is 0 Å². The summed E-state index contributed by atoms with van der Waals surface area (Å²) in [7, 11) is 0. The maximum atomic E-state index is 12.1. The van der Waals surface area contributed by atoms with Crippen LogP contribution in [0, 0.1) is 34.5 Å². The van der Waals surface area contributed by atoms with Crippen molar-refractivity contribution in [1.82, 2.24) is 0 Å². The monoisotopic (exact) mass is 331 g/mol. The van der Waals surface area contributed by atoms with Crippen molar-refractivity contribution in [1.29, 1.82) is 0 Å². The average Bonchev–Trinajstić information content (AvgIpc) is 2.88. The van der Waals surface area contributed by atoms with Crippen LogP contribution in [0.5, 0.6) is 0 Å². The highest BCUT2D eigenvalue weighted by Gasteiger charge is 2.61. The second kappa shape index (κ2) is 5.41. The van der Waals surface area contributed by atoms with E-state index in [2.05, 4.69) is 19.9 Å². The molecule has 0 aromatic rings. The molecule has 3 saturated carbocycles. The minimum absolute atomic E-state index is 0.154. The lowest BCUT2D eigenvalue weighted by molar-refractivity contribution is -0.149. The molecule has 4 rings (SSSR count). The zero-order valence-corrected chi connectivity index (χ0v) is 15.4. The van der Waals surface area contributed by atoms with E-state index in [0.717, 1.165) is 37.2 Å². The number of allylic oxidation sites excluding steroid dienone is 1. The van der Waals surface area contributed by atoms with Crippen molar-refractivity contribution >= 4 is 5.78 Å². The van der Waals surface area contributed by atoms with Crippen LogP contribution in [0.1, 0.15) is 65.7 Å². The Balaban J connectivity index is 1.67. The fourth-order valence-electron chi connectivity index (χ4n) is 7.36. The van der Waals surface area contributed by atoms with Gasteiger partial charge in [0.1, 0.15) is 0 Å². The van der Waals surface area contributed by atoms with Crippen LogP contribution in [0.2, 0.25) is 0 Å². The van der Waals surface area contributed by atoms with Crippen LogP contribution in [0.15, 0.2) is 11.6 Å². The Bertz CT molecular complexity index is 584. The predicted molar refractivity (Wildman–Crippen MR) is 95.2 cm³/mol. The zero-order chi connectivity index (χ0) is 17.3. The van der Waals surface area contributed by atoms with Crippen molar-refractivity contribution in [3.05, 3.63) is 11.6 Å². The summed E-state index contributed by atoms with van der Waals surface area (Å²) in [5.41, 5.74) is 7.17. The van der Waals surface area contributed by atoms with E-state index in [1.165, 1.54) is 19.3 Å². The number of nitrogens with two attached hydrogens (primary N) is 1. The molecule has 0 heterocycles. The second-order valence-electron chi connectivity index (χ2n) is 9.64. The van der Waals surface area contributed by atoms with Crippen molar-refractivity contribution < 1.29 is 9.90 Å². The number of aliphatic hydroxyl groups is 1. The lowest BCUT2D eigenvalue weighted by Gasteiger charge is -2.61. The Morgan fingerprint density at radius 3 is 2.67 bits per heavy atom. The van der Waals surface area contributed by atoms with Crippen LogP contribution >= 0.6 is 0 Å². The molecule has 3 fully saturated rings. The highest BCUT2D eigenvalue weighted by molar-refractivity contribution is 5.95. The van der Waals surface area contributed by atoms with Gasteiger partial charge in [0.15, 0.2) is 5.78 Å². The molecule has 8 atom stereocenters. The number of Topliss-reactive ketones (excluding diaryl/α,β-unsaturated/α-hetero) is 1. The van der Waals surface area contributed by atoms with Crippen LogP contribution < -0.4 is 5.73 Å². The maximum absolute atomic E-state index is 12.1. The van der Waals surface area contributed by atoms with E-state index in [9.17, 15) is 9.90 Å². The number of aliphatic hydroxyl groups excluding tert-OH is 1. The van der Waals surface area contributed by atoms with Gasteiger partial charge in [-0.1, -0.05) is 19.9 Å². The lowest BCUT2D eigenvalue weighted by Crippen LogP contribution is -2.58. The third-order valence-corrected chi connectivity index (χ3v) is 8.78. The fourth-order valence-corrected chi connectivity index (χ4v) is 7.36. The molecule has 0 aromatic carbocycles. The van der Waals surface area contributed by atoms with Gasteiger partial charge in [-0.15, -0.1) is 0 Å². The standard InChI is InChI=1S/C21H33NO2/c1-12(23)16-6-7-17-15-5-4-13-10-14(22)8-9-20(13,2)18(15)11-19(24)21(16,17)3/h6,13-15,17-19,24H,4-5,7-11,22H2,1-3H3/t13-,14-,15-,17-,18-,19+,20-,21+/m0/s1. The molecule has 4 aliphatic rings. The molecule has 0 amide bonds. The summed E-state index contributed by atoms with van der Waals surface area (Å²) in [6.45, 7) is 6.30. The Hall–Kier alpha value is -0.670. The molecule has 0 aromatic heterocycles. The van der Waals surface area contributed by atoms with E-state index in [-0.39, 0.29) is 17.3 Å². The number of ketones is 1.